The van der Waals surface area contributed by atoms with Crippen LogP contribution in [0.5, 0.6) is 11.5 Å². The van der Waals surface area contributed by atoms with Gasteiger partial charge < -0.3 is 9.47 Å². The van der Waals surface area contributed by atoms with Crippen LogP contribution in [-0.2, 0) is 20.0 Å². The minimum Gasteiger partial charge on any atom is -0.496 e. The highest BCUT2D eigenvalue weighted by molar-refractivity contribution is 9.10. The van der Waals surface area contributed by atoms with Crippen LogP contribution >= 0.6 is 15.9 Å². The molecule has 0 fully saturated rings. The van der Waals surface area contributed by atoms with E-state index in [1.165, 1.54) is 57.6 Å². The van der Waals surface area contributed by atoms with Gasteiger partial charge in [0.25, 0.3) is 10.0 Å². The third kappa shape index (κ3) is 4.77. The summed E-state index contributed by atoms with van der Waals surface area (Å²) in [5, 5.41) is 0. The predicted molar refractivity (Wildman–Crippen MR) is 110 cm³/mol. The molecule has 0 aromatic heterocycles. The molecule has 0 spiro atoms. The number of nitrogens with one attached hydrogen (secondary N) is 1. The zero-order valence-corrected chi connectivity index (χ0v) is 19.0. The highest BCUT2D eigenvalue weighted by Crippen LogP contribution is 2.31. The SMILES string of the molecule is CCOc1ccc(NS(=O)(=O)c2ccc(OC)c(Br)c2)cc1S(=O)(=O)N(C)C. The van der Waals surface area contributed by atoms with Gasteiger partial charge >= 0.3 is 0 Å². The van der Waals surface area contributed by atoms with E-state index in [2.05, 4.69) is 20.7 Å². The molecule has 0 aliphatic rings. The van der Waals surface area contributed by atoms with E-state index < -0.39 is 20.0 Å². The molecule has 0 amide bonds. The molecule has 2 aromatic carbocycles. The Bertz CT molecular complexity index is 1070. The Morgan fingerprint density at radius 1 is 1.04 bits per heavy atom. The summed E-state index contributed by atoms with van der Waals surface area (Å²) < 4.78 is 64.9. The highest BCUT2D eigenvalue weighted by atomic mass is 79.9. The van der Waals surface area contributed by atoms with Crippen LogP contribution in [0.15, 0.2) is 50.7 Å². The minimum atomic E-state index is -3.95. The summed E-state index contributed by atoms with van der Waals surface area (Å²) in [6, 6.07) is 8.39. The summed E-state index contributed by atoms with van der Waals surface area (Å²) >= 11 is 3.25. The molecule has 0 unspecified atom stereocenters. The molecular weight excluding hydrogens is 472 g/mol. The molecule has 28 heavy (non-hydrogen) atoms. The van der Waals surface area contributed by atoms with Gasteiger partial charge in [-0.2, -0.15) is 0 Å². The van der Waals surface area contributed by atoms with Crippen molar-refractivity contribution in [2.45, 2.75) is 16.7 Å². The van der Waals surface area contributed by atoms with Crippen molar-refractivity contribution in [3.63, 3.8) is 0 Å². The first kappa shape index (κ1) is 22.5. The molecule has 2 rings (SSSR count). The van der Waals surface area contributed by atoms with Crippen LogP contribution in [0.1, 0.15) is 6.92 Å². The number of anilines is 1. The van der Waals surface area contributed by atoms with Crippen molar-refractivity contribution in [1.29, 1.82) is 0 Å². The van der Waals surface area contributed by atoms with Gasteiger partial charge in [0, 0.05) is 14.1 Å². The second kappa shape index (κ2) is 8.68. The van der Waals surface area contributed by atoms with Crippen LogP contribution in [0.2, 0.25) is 0 Å². The number of halogens is 1. The van der Waals surface area contributed by atoms with Gasteiger partial charge in [0.05, 0.1) is 28.8 Å². The first-order chi connectivity index (χ1) is 13.0. The summed E-state index contributed by atoms with van der Waals surface area (Å²) in [6.45, 7) is 1.99. The quantitative estimate of drug-likeness (QED) is 0.607. The normalized spacial score (nSPS) is 12.1. The summed E-state index contributed by atoms with van der Waals surface area (Å²) in [5.74, 6) is 0.630. The second-order valence-electron chi connectivity index (χ2n) is 5.78. The topological polar surface area (TPSA) is 102 Å². The Morgan fingerprint density at radius 3 is 2.21 bits per heavy atom. The standard InChI is InChI=1S/C17H21BrN2O6S2/c1-5-26-16-8-6-12(10-17(16)28(23,24)20(2)3)19-27(21,22)13-7-9-15(25-4)14(18)11-13/h6-11,19H,5H2,1-4H3. The summed E-state index contributed by atoms with van der Waals surface area (Å²) in [4.78, 5) is -0.137. The van der Waals surface area contributed by atoms with Gasteiger partial charge in [-0.15, -0.1) is 0 Å². The number of ether oxygens (including phenoxy) is 2. The third-order valence-corrected chi connectivity index (χ3v) is 7.52. The molecular formula is C17H21BrN2O6S2. The summed E-state index contributed by atoms with van der Waals surface area (Å²) in [6.07, 6.45) is 0. The lowest BCUT2D eigenvalue weighted by atomic mass is 10.3. The van der Waals surface area contributed by atoms with Crippen molar-refractivity contribution in [3.8, 4) is 11.5 Å². The smallest absolute Gasteiger partial charge is 0.261 e. The van der Waals surface area contributed by atoms with E-state index in [1.807, 2.05) is 0 Å². The number of sulfonamides is 2. The molecule has 154 valence electrons. The maximum Gasteiger partial charge on any atom is 0.261 e. The number of hydrogen-bond acceptors (Lipinski definition) is 6. The molecule has 1 N–H and O–H groups in total. The average Bonchev–Trinajstić information content (AvgIpc) is 2.62. The van der Waals surface area contributed by atoms with Crippen LogP contribution in [0.4, 0.5) is 5.69 Å². The maximum atomic E-state index is 12.7. The Labute approximate surface area is 173 Å². The summed E-state index contributed by atoms with van der Waals surface area (Å²) in [7, 11) is -3.55. The molecule has 8 nitrogen and oxygen atoms in total. The van der Waals surface area contributed by atoms with Gasteiger partial charge in [-0.05, 0) is 59.3 Å². The fourth-order valence-electron chi connectivity index (χ4n) is 2.27. The number of rotatable bonds is 8. The van der Waals surface area contributed by atoms with Crippen molar-refractivity contribution in [2.24, 2.45) is 0 Å². The molecule has 0 heterocycles. The average molecular weight is 493 g/mol. The van der Waals surface area contributed by atoms with Crippen LogP contribution in [0.3, 0.4) is 0 Å². The molecule has 0 bridgehead atoms. The number of nitrogens with zero attached hydrogens (tertiary/aromatic N) is 1. The van der Waals surface area contributed by atoms with Gasteiger partial charge in [-0.25, -0.2) is 21.1 Å². The van der Waals surface area contributed by atoms with Crippen molar-refractivity contribution >= 4 is 41.7 Å². The van der Waals surface area contributed by atoms with Crippen molar-refractivity contribution in [3.05, 3.63) is 40.9 Å². The van der Waals surface area contributed by atoms with Gasteiger partial charge in [0.1, 0.15) is 16.4 Å². The van der Waals surface area contributed by atoms with Crippen molar-refractivity contribution in [2.75, 3.05) is 32.5 Å². The fourth-order valence-corrected chi connectivity index (χ4v) is 5.09. The first-order valence-electron chi connectivity index (χ1n) is 8.08. The van der Waals surface area contributed by atoms with Crippen LogP contribution in [0, 0.1) is 0 Å². The van der Waals surface area contributed by atoms with E-state index >= 15 is 0 Å². The van der Waals surface area contributed by atoms with Gasteiger partial charge in [0.2, 0.25) is 10.0 Å². The predicted octanol–water partition coefficient (Wildman–Crippen LogP) is 2.91. The zero-order chi connectivity index (χ0) is 21.1. The lowest BCUT2D eigenvalue weighted by Crippen LogP contribution is -2.23. The van der Waals surface area contributed by atoms with Crippen molar-refractivity contribution < 1.29 is 26.3 Å². The van der Waals surface area contributed by atoms with E-state index in [4.69, 9.17) is 9.47 Å². The molecule has 0 saturated carbocycles. The lowest BCUT2D eigenvalue weighted by molar-refractivity contribution is 0.330. The van der Waals surface area contributed by atoms with E-state index in [0.29, 0.717) is 10.2 Å². The fraction of sp³-hybridized carbons (Fsp3) is 0.294. The van der Waals surface area contributed by atoms with E-state index in [-0.39, 0.29) is 27.8 Å². The van der Waals surface area contributed by atoms with Crippen molar-refractivity contribution in [1.82, 2.24) is 4.31 Å². The highest BCUT2D eigenvalue weighted by Gasteiger charge is 2.24. The third-order valence-electron chi connectivity index (χ3n) is 3.69. The largest absolute Gasteiger partial charge is 0.496 e. The minimum absolute atomic E-state index is 0.00826. The van der Waals surface area contributed by atoms with E-state index in [1.54, 1.807) is 6.92 Å². The molecule has 0 atom stereocenters. The first-order valence-corrected chi connectivity index (χ1v) is 11.8. The van der Waals surface area contributed by atoms with Gasteiger partial charge in [-0.1, -0.05) is 0 Å². The van der Waals surface area contributed by atoms with Gasteiger partial charge in [0.15, 0.2) is 0 Å². The summed E-state index contributed by atoms with van der Waals surface area (Å²) in [5.41, 5.74) is 0.0934. The van der Waals surface area contributed by atoms with Crippen LogP contribution in [-0.4, -0.2) is 49.0 Å². The number of methoxy groups -OCH3 is 1. The van der Waals surface area contributed by atoms with E-state index in [9.17, 15) is 16.8 Å². The Kier molecular flexibility index (Phi) is 6.97. The van der Waals surface area contributed by atoms with Crippen LogP contribution in [0.25, 0.3) is 0 Å². The van der Waals surface area contributed by atoms with Crippen LogP contribution < -0.4 is 14.2 Å². The second-order valence-corrected chi connectivity index (χ2v) is 10.4. The Morgan fingerprint density at radius 2 is 1.68 bits per heavy atom. The number of benzene rings is 2. The molecule has 0 aliphatic heterocycles. The lowest BCUT2D eigenvalue weighted by Gasteiger charge is -2.17. The molecule has 0 saturated heterocycles. The van der Waals surface area contributed by atoms with Gasteiger partial charge in [-0.3, -0.25) is 4.72 Å². The van der Waals surface area contributed by atoms with E-state index in [0.717, 1.165) is 4.31 Å². The Hall–Kier alpha value is -1.82. The maximum absolute atomic E-state index is 12.7. The molecule has 2 aromatic rings. The zero-order valence-electron chi connectivity index (χ0n) is 15.8. The molecule has 0 radical (unpaired) electrons. The monoisotopic (exact) mass is 492 g/mol. The molecule has 0 aliphatic carbocycles. The Balaban J connectivity index is 2.47. The molecule has 11 heteroatoms. The number of hydrogen-bond donors (Lipinski definition) is 1.